The van der Waals surface area contributed by atoms with Crippen molar-refractivity contribution in [2.45, 2.75) is 33.2 Å². The number of carbonyl (C=O) groups excluding carboxylic acids is 2. The highest BCUT2D eigenvalue weighted by molar-refractivity contribution is 6.03. The van der Waals surface area contributed by atoms with Gasteiger partial charge >= 0.3 is 0 Å². The number of hydrogen-bond acceptors (Lipinski definition) is 4. The summed E-state index contributed by atoms with van der Waals surface area (Å²) in [5.41, 5.74) is 3.47. The molecule has 122 valence electrons. The van der Waals surface area contributed by atoms with E-state index in [0.717, 1.165) is 11.1 Å². The van der Waals surface area contributed by atoms with Crippen molar-refractivity contribution in [1.82, 2.24) is 10.1 Å². The third-order valence-electron chi connectivity index (χ3n) is 3.68. The number of aromatic nitrogens is 1. The Labute approximate surface area is 135 Å². The van der Waals surface area contributed by atoms with E-state index in [-0.39, 0.29) is 24.3 Å². The third kappa shape index (κ3) is 4.42. The van der Waals surface area contributed by atoms with E-state index in [1.807, 2.05) is 39.0 Å². The van der Waals surface area contributed by atoms with Crippen LogP contribution >= 0.6 is 0 Å². The first-order valence-electron chi connectivity index (χ1n) is 7.41. The van der Waals surface area contributed by atoms with Gasteiger partial charge in [0, 0.05) is 18.8 Å². The van der Waals surface area contributed by atoms with Crippen LogP contribution in [0.1, 0.15) is 36.2 Å². The predicted molar refractivity (Wildman–Crippen MR) is 86.9 cm³/mol. The first-order chi connectivity index (χ1) is 10.9. The third-order valence-corrected chi connectivity index (χ3v) is 3.68. The molecule has 0 fully saturated rings. The lowest BCUT2D eigenvalue weighted by Crippen LogP contribution is -2.32. The zero-order valence-corrected chi connectivity index (χ0v) is 13.8. The minimum atomic E-state index is -0.334. The second kappa shape index (κ2) is 7.09. The Balaban J connectivity index is 1.95. The van der Waals surface area contributed by atoms with Crippen LogP contribution in [0.4, 0.5) is 5.69 Å². The summed E-state index contributed by atoms with van der Waals surface area (Å²) < 4.78 is 4.78. The average molecular weight is 315 g/mol. The smallest absolute Gasteiger partial charge is 0.233 e. The quantitative estimate of drug-likeness (QED) is 0.861. The Kier molecular flexibility index (Phi) is 5.16. The molecule has 2 aromatic rings. The second-order valence-corrected chi connectivity index (χ2v) is 5.71. The number of benzene rings is 1. The van der Waals surface area contributed by atoms with Crippen molar-refractivity contribution in [3.05, 3.63) is 47.3 Å². The van der Waals surface area contributed by atoms with Crippen LogP contribution in [0.2, 0.25) is 0 Å². The highest BCUT2D eigenvalue weighted by atomic mass is 16.5. The van der Waals surface area contributed by atoms with E-state index < -0.39 is 0 Å². The molecule has 1 aromatic heterocycles. The second-order valence-electron chi connectivity index (χ2n) is 5.71. The number of aryl methyl sites for hydroxylation is 2. The molecule has 0 unspecified atom stereocenters. The summed E-state index contributed by atoms with van der Waals surface area (Å²) in [7, 11) is 1.64. The average Bonchev–Trinajstić information content (AvgIpc) is 2.98. The van der Waals surface area contributed by atoms with E-state index in [2.05, 4.69) is 10.5 Å². The lowest BCUT2D eigenvalue weighted by atomic mass is 10.1. The normalized spacial score (nSPS) is 11.8. The summed E-state index contributed by atoms with van der Waals surface area (Å²) in [6.07, 6.45) is 1.24. The van der Waals surface area contributed by atoms with Gasteiger partial charge in [0.2, 0.25) is 11.8 Å². The van der Waals surface area contributed by atoms with Gasteiger partial charge in [0.15, 0.2) is 0 Å². The van der Waals surface area contributed by atoms with E-state index in [4.69, 9.17) is 4.52 Å². The summed E-state index contributed by atoms with van der Waals surface area (Å²) in [6.45, 7) is 5.75. The standard InChI is InChI=1S/C17H21N3O3/c1-11-7-12(2)9-14(8-11)18-16(21)10-17(22)20(4)13(3)15-5-6-23-19-15/h5-9,13H,10H2,1-4H3,(H,18,21)/t13-/m0/s1. The van der Waals surface area contributed by atoms with Crippen LogP contribution in [0.15, 0.2) is 35.1 Å². The zero-order valence-electron chi connectivity index (χ0n) is 13.8. The number of anilines is 1. The number of hydrogen-bond donors (Lipinski definition) is 1. The lowest BCUT2D eigenvalue weighted by Gasteiger charge is -2.23. The van der Waals surface area contributed by atoms with Crippen LogP contribution in [0.25, 0.3) is 0 Å². The van der Waals surface area contributed by atoms with Crippen LogP contribution in [0.5, 0.6) is 0 Å². The van der Waals surface area contributed by atoms with Crippen molar-refractivity contribution in [2.24, 2.45) is 0 Å². The number of nitrogens with zero attached hydrogens (tertiary/aromatic N) is 2. The van der Waals surface area contributed by atoms with Gasteiger partial charge in [-0.05, 0) is 44.0 Å². The van der Waals surface area contributed by atoms with Crippen LogP contribution in [0.3, 0.4) is 0 Å². The van der Waals surface area contributed by atoms with Gasteiger partial charge in [-0.15, -0.1) is 0 Å². The predicted octanol–water partition coefficient (Wildman–Crippen LogP) is 2.84. The molecule has 0 aliphatic carbocycles. The van der Waals surface area contributed by atoms with Crippen molar-refractivity contribution in [1.29, 1.82) is 0 Å². The SMILES string of the molecule is Cc1cc(C)cc(NC(=O)CC(=O)N(C)[C@@H](C)c2ccon2)c1. The molecule has 1 heterocycles. The minimum absolute atomic E-state index is 0.217. The highest BCUT2D eigenvalue weighted by Gasteiger charge is 2.21. The Morgan fingerprint density at radius 2 is 1.91 bits per heavy atom. The molecule has 0 saturated carbocycles. The molecular weight excluding hydrogens is 294 g/mol. The lowest BCUT2D eigenvalue weighted by molar-refractivity contribution is -0.135. The fourth-order valence-corrected chi connectivity index (χ4v) is 2.37. The minimum Gasteiger partial charge on any atom is -0.364 e. The van der Waals surface area contributed by atoms with Crippen molar-refractivity contribution in [3.63, 3.8) is 0 Å². The number of rotatable bonds is 5. The Bertz CT molecular complexity index is 675. The number of carbonyl (C=O) groups is 2. The van der Waals surface area contributed by atoms with Crippen LogP contribution < -0.4 is 5.32 Å². The van der Waals surface area contributed by atoms with Gasteiger partial charge in [0.1, 0.15) is 18.4 Å². The van der Waals surface area contributed by atoms with Crippen molar-refractivity contribution in [2.75, 3.05) is 12.4 Å². The van der Waals surface area contributed by atoms with E-state index in [9.17, 15) is 9.59 Å². The van der Waals surface area contributed by atoms with E-state index in [1.54, 1.807) is 13.1 Å². The van der Waals surface area contributed by atoms with E-state index in [0.29, 0.717) is 11.4 Å². The van der Waals surface area contributed by atoms with Gasteiger partial charge in [0.25, 0.3) is 0 Å². The zero-order chi connectivity index (χ0) is 17.0. The summed E-state index contributed by atoms with van der Waals surface area (Å²) in [6, 6.07) is 7.21. The molecule has 1 N–H and O–H groups in total. The summed E-state index contributed by atoms with van der Waals surface area (Å²) in [5.74, 6) is -0.610. The molecule has 6 heteroatoms. The maximum atomic E-state index is 12.2. The van der Waals surface area contributed by atoms with Crippen LogP contribution in [0, 0.1) is 13.8 Å². The molecule has 0 radical (unpaired) electrons. The molecule has 1 atom stereocenters. The molecule has 0 aliphatic heterocycles. The van der Waals surface area contributed by atoms with Gasteiger partial charge in [-0.25, -0.2) is 0 Å². The first kappa shape index (κ1) is 16.7. The van der Waals surface area contributed by atoms with Gasteiger partial charge in [0.05, 0.1) is 6.04 Å². The fraction of sp³-hybridized carbons (Fsp3) is 0.353. The molecule has 6 nitrogen and oxygen atoms in total. The summed E-state index contributed by atoms with van der Waals surface area (Å²) >= 11 is 0. The molecule has 2 rings (SSSR count). The molecule has 2 amide bonds. The molecule has 0 saturated heterocycles. The van der Waals surface area contributed by atoms with Crippen molar-refractivity contribution < 1.29 is 14.1 Å². The first-order valence-corrected chi connectivity index (χ1v) is 7.41. The largest absolute Gasteiger partial charge is 0.364 e. The molecule has 0 aliphatic rings. The van der Waals surface area contributed by atoms with Gasteiger partial charge < -0.3 is 14.7 Å². The molecule has 1 aromatic carbocycles. The fourth-order valence-electron chi connectivity index (χ4n) is 2.37. The maximum absolute atomic E-state index is 12.2. The monoisotopic (exact) mass is 315 g/mol. The van der Waals surface area contributed by atoms with Crippen molar-refractivity contribution >= 4 is 17.5 Å². The molecular formula is C17H21N3O3. The highest BCUT2D eigenvalue weighted by Crippen LogP contribution is 2.18. The number of nitrogens with one attached hydrogen (secondary N) is 1. The molecule has 0 spiro atoms. The maximum Gasteiger partial charge on any atom is 0.233 e. The van der Waals surface area contributed by atoms with Crippen LogP contribution in [-0.2, 0) is 9.59 Å². The van der Waals surface area contributed by atoms with Crippen molar-refractivity contribution in [3.8, 4) is 0 Å². The van der Waals surface area contributed by atoms with E-state index >= 15 is 0 Å². The summed E-state index contributed by atoms with van der Waals surface area (Å²) in [5, 5.41) is 6.58. The van der Waals surface area contributed by atoms with Gasteiger partial charge in [-0.3, -0.25) is 9.59 Å². The van der Waals surface area contributed by atoms with Gasteiger partial charge in [-0.1, -0.05) is 11.2 Å². The Morgan fingerprint density at radius 1 is 1.26 bits per heavy atom. The van der Waals surface area contributed by atoms with Crippen LogP contribution in [-0.4, -0.2) is 28.9 Å². The summed E-state index contributed by atoms with van der Waals surface area (Å²) in [4.78, 5) is 25.8. The Hall–Kier alpha value is -2.63. The molecule has 23 heavy (non-hydrogen) atoms. The van der Waals surface area contributed by atoms with E-state index in [1.165, 1.54) is 11.2 Å². The topological polar surface area (TPSA) is 75.4 Å². The number of amides is 2. The molecule has 0 bridgehead atoms. The van der Waals surface area contributed by atoms with Gasteiger partial charge in [-0.2, -0.15) is 0 Å². The Morgan fingerprint density at radius 3 is 2.48 bits per heavy atom.